The van der Waals surface area contributed by atoms with Gasteiger partial charge in [0.15, 0.2) is 6.61 Å². The highest BCUT2D eigenvalue weighted by molar-refractivity contribution is 5.80. The lowest BCUT2D eigenvalue weighted by Crippen LogP contribution is -2.54. The average molecular weight is 359 g/mol. The van der Waals surface area contributed by atoms with Crippen molar-refractivity contribution < 1.29 is 19.1 Å². The molecule has 4 rings (SSSR count). The summed E-state index contributed by atoms with van der Waals surface area (Å²) in [5.41, 5.74) is 0. The molecule has 0 unspecified atom stereocenters. The quantitative estimate of drug-likeness (QED) is 0.810. The van der Waals surface area contributed by atoms with Crippen LogP contribution < -0.4 is 4.74 Å². The number of para-hydroxylation sites is 1. The maximum atomic E-state index is 12.7. The van der Waals surface area contributed by atoms with Gasteiger partial charge in [0.05, 0.1) is 6.04 Å². The summed E-state index contributed by atoms with van der Waals surface area (Å²) in [4.78, 5) is 30.9. The first-order chi connectivity index (χ1) is 12.7. The molecule has 3 amide bonds. The molecule has 0 spiro atoms. The van der Waals surface area contributed by atoms with Gasteiger partial charge in [0.25, 0.3) is 5.91 Å². The standard InChI is InChI=1S/C19H25N3O4/c23-18(14-26-17-4-2-1-3-5-17)20-8-9-21-16(12-20)13-22(19(21)24)15-6-10-25-11-7-15/h1-5,15-16H,6-14H2/t16-/m1/s1. The van der Waals surface area contributed by atoms with Gasteiger partial charge in [-0.2, -0.15) is 0 Å². The van der Waals surface area contributed by atoms with Crippen molar-refractivity contribution in [2.24, 2.45) is 0 Å². The van der Waals surface area contributed by atoms with Crippen LogP contribution in [0.15, 0.2) is 30.3 Å². The number of hydrogen-bond donors (Lipinski definition) is 0. The third kappa shape index (κ3) is 3.49. The highest BCUT2D eigenvalue weighted by atomic mass is 16.5. The Bertz CT molecular complexity index is 647. The molecule has 7 heteroatoms. The maximum absolute atomic E-state index is 12.7. The number of rotatable bonds is 4. The van der Waals surface area contributed by atoms with Gasteiger partial charge in [-0.3, -0.25) is 4.79 Å². The van der Waals surface area contributed by atoms with E-state index in [9.17, 15) is 9.59 Å². The average Bonchev–Trinajstić information content (AvgIpc) is 3.03. The number of ether oxygens (including phenoxy) is 2. The molecular weight excluding hydrogens is 334 g/mol. The van der Waals surface area contributed by atoms with Crippen molar-refractivity contribution in [2.75, 3.05) is 46.0 Å². The molecule has 0 saturated carbocycles. The lowest BCUT2D eigenvalue weighted by molar-refractivity contribution is -0.135. The summed E-state index contributed by atoms with van der Waals surface area (Å²) in [6.45, 7) is 3.94. The first-order valence-corrected chi connectivity index (χ1v) is 9.33. The molecule has 0 aliphatic carbocycles. The van der Waals surface area contributed by atoms with Gasteiger partial charge in [-0.1, -0.05) is 18.2 Å². The van der Waals surface area contributed by atoms with Crippen LogP contribution >= 0.6 is 0 Å². The van der Waals surface area contributed by atoms with E-state index in [4.69, 9.17) is 9.47 Å². The zero-order valence-electron chi connectivity index (χ0n) is 14.9. The van der Waals surface area contributed by atoms with E-state index in [1.165, 1.54) is 0 Å². The minimum absolute atomic E-state index is 0.0227. The van der Waals surface area contributed by atoms with Crippen LogP contribution in [0.5, 0.6) is 5.75 Å². The Balaban J connectivity index is 1.32. The summed E-state index contributed by atoms with van der Waals surface area (Å²) in [5.74, 6) is 0.673. The molecular formula is C19H25N3O4. The highest BCUT2D eigenvalue weighted by Crippen LogP contribution is 2.26. The van der Waals surface area contributed by atoms with Crippen LogP contribution in [0.1, 0.15) is 12.8 Å². The first-order valence-electron chi connectivity index (χ1n) is 9.33. The lowest BCUT2D eigenvalue weighted by atomic mass is 10.1. The lowest BCUT2D eigenvalue weighted by Gasteiger charge is -2.36. The topological polar surface area (TPSA) is 62.3 Å². The van der Waals surface area contributed by atoms with Gasteiger partial charge >= 0.3 is 6.03 Å². The molecule has 1 aromatic rings. The van der Waals surface area contributed by atoms with Crippen LogP contribution in [-0.4, -0.2) is 84.7 Å². The third-order valence-electron chi connectivity index (χ3n) is 5.47. The van der Waals surface area contributed by atoms with Gasteiger partial charge in [-0.25, -0.2) is 4.79 Å². The van der Waals surface area contributed by atoms with E-state index >= 15 is 0 Å². The van der Waals surface area contributed by atoms with E-state index in [-0.39, 0.29) is 30.6 Å². The van der Waals surface area contributed by atoms with Crippen LogP contribution in [0.4, 0.5) is 4.79 Å². The molecule has 0 aromatic heterocycles. The number of benzene rings is 1. The summed E-state index contributed by atoms with van der Waals surface area (Å²) in [6.07, 6.45) is 1.81. The Morgan fingerprint density at radius 3 is 2.58 bits per heavy atom. The number of piperazine rings is 1. The van der Waals surface area contributed by atoms with Crippen LogP contribution in [0.3, 0.4) is 0 Å². The minimum Gasteiger partial charge on any atom is -0.484 e. The molecule has 0 N–H and O–H groups in total. The third-order valence-corrected chi connectivity index (χ3v) is 5.47. The van der Waals surface area contributed by atoms with Crippen molar-refractivity contribution in [2.45, 2.75) is 24.9 Å². The zero-order valence-corrected chi connectivity index (χ0v) is 14.9. The molecule has 0 bridgehead atoms. The van der Waals surface area contributed by atoms with Gasteiger partial charge in [0.2, 0.25) is 0 Å². The molecule has 3 aliphatic rings. The molecule has 1 aromatic carbocycles. The second-order valence-corrected chi connectivity index (χ2v) is 7.07. The Morgan fingerprint density at radius 1 is 1.04 bits per heavy atom. The fraction of sp³-hybridized carbons (Fsp3) is 0.579. The number of carbonyl (C=O) groups is 2. The van der Waals surface area contributed by atoms with Crippen LogP contribution in [0.2, 0.25) is 0 Å². The summed E-state index contributed by atoms with van der Waals surface area (Å²) in [6, 6.07) is 9.83. The van der Waals surface area contributed by atoms with Crippen molar-refractivity contribution in [3.63, 3.8) is 0 Å². The Labute approximate surface area is 153 Å². The molecule has 3 saturated heterocycles. The largest absolute Gasteiger partial charge is 0.484 e. The first kappa shape index (κ1) is 17.1. The normalized spacial score (nSPS) is 23.9. The van der Waals surface area contributed by atoms with Crippen LogP contribution in [-0.2, 0) is 9.53 Å². The van der Waals surface area contributed by atoms with Gasteiger partial charge in [0.1, 0.15) is 5.75 Å². The molecule has 140 valence electrons. The van der Waals surface area contributed by atoms with E-state index < -0.39 is 0 Å². The van der Waals surface area contributed by atoms with Crippen LogP contribution in [0.25, 0.3) is 0 Å². The smallest absolute Gasteiger partial charge is 0.320 e. The van der Waals surface area contributed by atoms with Crippen molar-refractivity contribution in [3.05, 3.63) is 30.3 Å². The van der Waals surface area contributed by atoms with Crippen molar-refractivity contribution >= 4 is 11.9 Å². The van der Waals surface area contributed by atoms with E-state index in [1.807, 2.05) is 45.0 Å². The number of hydrogen-bond acceptors (Lipinski definition) is 4. The van der Waals surface area contributed by atoms with Gasteiger partial charge in [-0.15, -0.1) is 0 Å². The number of nitrogens with zero attached hydrogens (tertiary/aromatic N) is 3. The number of fused-ring (bicyclic) bond motifs is 1. The monoisotopic (exact) mass is 359 g/mol. The fourth-order valence-electron chi connectivity index (χ4n) is 4.02. The van der Waals surface area contributed by atoms with E-state index in [0.29, 0.717) is 31.9 Å². The van der Waals surface area contributed by atoms with Crippen LogP contribution in [0, 0.1) is 0 Å². The second kappa shape index (κ2) is 7.53. The summed E-state index contributed by atoms with van der Waals surface area (Å²) >= 11 is 0. The SMILES string of the molecule is O=C(COc1ccccc1)N1CCN2C(=O)N(C3CCOCC3)C[C@H]2C1. The van der Waals surface area contributed by atoms with Gasteiger partial charge in [-0.05, 0) is 25.0 Å². The minimum atomic E-state index is -0.0227. The van der Waals surface area contributed by atoms with E-state index in [1.54, 1.807) is 0 Å². The molecule has 3 heterocycles. The zero-order chi connectivity index (χ0) is 17.9. The van der Waals surface area contributed by atoms with Gasteiger partial charge in [0, 0.05) is 45.4 Å². The molecule has 7 nitrogen and oxygen atoms in total. The Morgan fingerprint density at radius 2 is 1.81 bits per heavy atom. The van der Waals surface area contributed by atoms with Crippen molar-refractivity contribution in [3.8, 4) is 5.75 Å². The summed E-state index contributed by atoms with van der Waals surface area (Å²) in [5, 5.41) is 0. The Hall–Kier alpha value is -2.28. The molecule has 26 heavy (non-hydrogen) atoms. The van der Waals surface area contributed by atoms with E-state index in [0.717, 1.165) is 26.1 Å². The second-order valence-electron chi connectivity index (χ2n) is 7.07. The molecule has 3 fully saturated rings. The van der Waals surface area contributed by atoms with Crippen molar-refractivity contribution in [1.29, 1.82) is 0 Å². The molecule has 1 atom stereocenters. The number of carbonyl (C=O) groups excluding carboxylic acids is 2. The highest BCUT2D eigenvalue weighted by Gasteiger charge is 2.44. The fourth-order valence-corrected chi connectivity index (χ4v) is 4.02. The van der Waals surface area contributed by atoms with Crippen molar-refractivity contribution in [1.82, 2.24) is 14.7 Å². The van der Waals surface area contributed by atoms with Gasteiger partial charge < -0.3 is 24.2 Å². The van der Waals surface area contributed by atoms with E-state index in [2.05, 4.69) is 0 Å². The summed E-state index contributed by atoms with van der Waals surface area (Å²) in [7, 11) is 0. The predicted octanol–water partition coefficient (Wildman–Crippen LogP) is 1.19. The number of urea groups is 1. The maximum Gasteiger partial charge on any atom is 0.320 e. The summed E-state index contributed by atoms with van der Waals surface area (Å²) < 4.78 is 11.0. The predicted molar refractivity (Wildman–Crippen MR) is 95.0 cm³/mol. The Kier molecular flexibility index (Phi) is 4.97. The molecule has 3 aliphatic heterocycles. The molecule has 0 radical (unpaired) electrons. The number of amides is 3.